The minimum atomic E-state index is 0.566. The molecule has 6 heteroatoms. The molecule has 0 fully saturated rings. The van der Waals surface area contributed by atoms with Gasteiger partial charge in [0.2, 0.25) is 0 Å². The maximum absolute atomic E-state index is 5.37. The Morgan fingerprint density at radius 2 is 1.50 bits per heavy atom. The quantitative estimate of drug-likeness (QED) is 0.871. The Morgan fingerprint density at radius 3 is 2.10 bits per heavy atom. The molecule has 2 aromatic rings. The first-order valence-corrected chi connectivity index (χ1v) is 6.06. The molecular weight excluding hydrogens is 258 g/mol. The van der Waals surface area contributed by atoms with Crippen LogP contribution < -0.4 is 19.5 Å². The van der Waals surface area contributed by atoms with E-state index in [0.717, 1.165) is 17.0 Å². The maximum atomic E-state index is 5.37. The normalized spacial score (nSPS) is 9.95. The SMILES string of the molecule is COc1cc(OC)c(OC)cc1CNc1cncnc1. The van der Waals surface area contributed by atoms with Crippen LogP contribution >= 0.6 is 0 Å². The Labute approximate surface area is 117 Å². The summed E-state index contributed by atoms with van der Waals surface area (Å²) < 4.78 is 15.9. The average Bonchev–Trinajstić information content (AvgIpc) is 2.52. The zero-order valence-electron chi connectivity index (χ0n) is 11.7. The second-order valence-corrected chi connectivity index (χ2v) is 4.00. The predicted octanol–water partition coefficient (Wildman–Crippen LogP) is 2.11. The van der Waals surface area contributed by atoms with Crippen LogP contribution in [0.2, 0.25) is 0 Å². The van der Waals surface area contributed by atoms with Gasteiger partial charge in [0, 0.05) is 18.2 Å². The van der Waals surface area contributed by atoms with Crippen molar-refractivity contribution in [3.8, 4) is 17.2 Å². The molecule has 1 N–H and O–H groups in total. The van der Waals surface area contributed by atoms with Crippen molar-refractivity contribution >= 4 is 5.69 Å². The third kappa shape index (κ3) is 3.09. The Kier molecular flexibility index (Phi) is 4.60. The van der Waals surface area contributed by atoms with Gasteiger partial charge in [-0.3, -0.25) is 0 Å². The van der Waals surface area contributed by atoms with Crippen LogP contribution in [0.15, 0.2) is 30.9 Å². The monoisotopic (exact) mass is 275 g/mol. The van der Waals surface area contributed by atoms with E-state index in [1.165, 1.54) is 6.33 Å². The fourth-order valence-corrected chi connectivity index (χ4v) is 1.82. The Bertz CT molecular complexity index is 561. The number of nitrogens with zero attached hydrogens (tertiary/aromatic N) is 2. The highest BCUT2D eigenvalue weighted by molar-refractivity contribution is 5.52. The van der Waals surface area contributed by atoms with Crippen LogP contribution in [-0.4, -0.2) is 31.3 Å². The molecule has 1 aromatic carbocycles. The highest BCUT2D eigenvalue weighted by atomic mass is 16.5. The number of methoxy groups -OCH3 is 3. The fourth-order valence-electron chi connectivity index (χ4n) is 1.82. The van der Waals surface area contributed by atoms with E-state index in [1.54, 1.807) is 39.8 Å². The van der Waals surface area contributed by atoms with Gasteiger partial charge in [0.05, 0.1) is 39.4 Å². The minimum absolute atomic E-state index is 0.566. The van der Waals surface area contributed by atoms with Crippen molar-refractivity contribution < 1.29 is 14.2 Å². The number of aromatic nitrogens is 2. The first-order valence-electron chi connectivity index (χ1n) is 6.06. The van der Waals surface area contributed by atoms with E-state index in [2.05, 4.69) is 15.3 Å². The number of ether oxygens (including phenoxy) is 3. The molecule has 0 saturated carbocycles. The van der Waals surface area contributed by atoms with E-state index in [9.17, 15) is 0 Å². The molecule has 2 rings (SSSR count). The molecule has 0 amide bonds. The van der Waals surface area contributed by atoms with Gasteiger partial charge in [-0.1, -0.05) is 0 Å². The van der Waals surface area contributed by atoms with Crippen LogP contribution in [0, 0.1) is 0 Å². The summed E-state index contributed by atoms with van der Waals surface area (Å²) in [6.45, 7) is 0.566. The highest BCUT2D eigenvalue weighted by Crippen LogP contribution is 2.34. The second-order valence-electron chi connectivity index (χ2n) is 4.00. The molecule has 1 aromatic heterocycles. The summed E-state index contributed by atoms with van der Waals surface area (Å²) in [5.41, 5.74) is 1.79. The molecule has 0 spiro atoms. The van der Waals surface area contributed by atoms with Crippen molar-refractivity contribution in [2.24, 2.45) is 0 Å². The van der Waals surface area contributed by atoms with Gasteiger partial charge in [0.1, 0.15) is 12.1 Å². The van der Waals surface area contributed by atoms with Gasteiger partial charge in [-0.05, 0) is 6.07 Å². The largest absolute Gasteiger partial charge is 0.496 e. The van der Waals surface area contributed by atoms with Crippen LogP contribution in [0.5, 0.6) is 17.2 Å². The van der Waals surface area contributed by atoms with E-state index in [1.807, 2.05) is 6.07 Å². The zero-order valence-corrected chi connectivity index (χ0v) is 11.7. The van der Waals surface area contributed by atoms with Crippen molar-refractivity contribution in [3.05, 3.63) is 36.4 Å². The van der Waals surface area contributed by atoms with Crippen LogP contribution in [0.3, 0.4) is 0 Å². The number of anilines is 1. The van der Waals surface area contributed by atoms with Crippen molar-refractivity contribution in [1.29, 1.82) is 0 Å². The summed E-state index contributed by atoms with van der Waals surface area (Å²) in [7, 11) is 4.82. The molecule has 106 valence electrons. The van der Waals surface area contributed by atoms with Gasteiger partial charge in [-0.15, -0.1) is 0 Å². The second kappa shape index (κ2) is 6.60. The summed E-state index contributed by atoms with van der Waals surface area (Å²) in [5.74, 6) is 2.03. The van der Waals surface area contributed by atoms with Crippen LogP contribution in [0.4, 0.5) is 5.69 Å². The lowest BCUT2D eigenvalue weighted by atomic mass is 10.1. The minimum Gasteiger partial charge on any atom is -0.496 e. The molecule has 0 aliphatic heterocycles. The third-order valence-corrected chi connectivity index (χ3v) is 2.83. The molecule has 6 nitrogen and oxygen atoms in total. The Hall–Kier alpha value is -2.50. The topological polar surface area (TPSA) is 65.5 Å². The first kappa shape index (κ1) is 13.9. The lowest BCUT2D eigenvalue weighted by Crippen LogP contribution is -2.03. The van der Waals surface area contributed by atoms with E-state index < -0.39 is 0 Å². The number of nitrogens with one attached hydrogen (secondary N) is 1. The highest BCUT2D eigenvalue weighted by Gasteiger charge is 2.11. The van der Waals surface area contributed by atoms with Gasteiger partial charge in [0.25, 0.3) is 0 Å². The van der Waals surface area contributed by atoms with Gasteiger partial charge >= 0.3 is 0 Å². The lowest BCUT2D eigenvalue weighted by molar-refractivity contribution is 0.347. The van der Waals surface area contributed by atoms with E-state index in [-0.39, 0.29) is 0 Å². The fraction of sp³-hybridized carbons (Fsp3) is 0.286. The molecular formula is C14H17N3O3. The van der Waals surface area contributed by atoms with E-state index >= 15 is 0 Å². The molecule has 0 bridgehead atoms. The van der Waals surface area contributed by atoms with Crippen molar-refractivity contribution in [2.75, 3.05) is 26.6 Å². The maximum Gasteiger partial charge on any atom is 0.164 e. The van der Waals surface area contributed by atoms with Gasteiger partial charge in [-0.25, -0.2) is 9.97 Å². The number of hydrogen-bond acceptors (Lipinski definition) is 6. The van der Waals surface area contributed by atoms with Crippen molar-refractivity contribution in [3.63, 3.8) is 0 Å². The summed E-state index contributed by atoms with van der Waals surface area (Å²) >= 11 is 0. The number of rotatable bonds is 6. The predicted molar refractivity (Wildman–Crippen MR) is 75.5 cm³/mol. The van der Waals surface area contributed by atoms with Gasteiger partial charge < -0.3 is 19.5 Å². The number of benzene rings is 1. The van der Waals surface area contributed by atoms with E-state index in [4.69, 9.17) is 14.2 Å². The summed E-state index contributed by atoms with van der Waals surface area (Å²) in [6.07, 6.45) is 4.91. The smallest absolute Gasteiger partial charge is 0.164 e. The average molecular weight is 275 g/mol. The summed E-state index contributed by atoms with van der Waals surface area (Å²) in [5, 5.41) is 3.22. The molecule has 0 aliphatic carbocycles. The molecule has 1 heterocycles. The van der Waals surface area contributed by atoms with Gasteiger partial charge in [0.15, 0.2) is 11.5 Å². The van der Waals surface area contributed by atoms with Crippen molar-refractivity contribution in [1.82, 2.24) is 9.97 Å². The first-order chi connectivity index (χ1) is 9.78. The van der Waals surface area contributed by atoms with Crippen molar-refractivity contribution in [2.45, 2.75) is 6.54 Å². The lowest BCUT2D eigenvalue weighted by Gasteiger charge is -2.14. The summed E-state index contributed by atoms with van der Waals surface area (Å²) in [6, 6.07) is 3.69. The molecule has 0 atom stereocenters. The zero-order chi connectivity index (χ0) is 14.4. The number of hydrogen-bond donors (Lipinski definition) is 1. The Balaban J connectivity index is 2.21. The molecule has 20 heavy (non-hydrogen) atoms. The van der Waals surface area contributed by atoms with E-state index in [0.29, 0.717) is 18.0 Å². The van der Waals surface area contributed by atoms with Gasteiger partial charge in [-0.2, -0.15) is 0 Å². The summed E-state index contributed by atoms with van der Waals surface area (Å²) in [4.78, 5) is 7.90. The molecule has 0 unspecified atom stereocenters. The molecule has 0 radical (unpaired) electrons. The Morgan fingerprint density at radius 1 is 0.900 bits per heavy atom. The standard InChI is InChI=1S/C14H17N3O3/c1-18-12-5-14(20-3)13(19-2)4-10(12)6-17-11-7-15-9-16-8-11/h4-5,7-9,17H,6H2,1-3H3. The van der Waals surface area contributed by atoms with Crippen LogP contribution in [0.1, 0.15) is 5.56 Å². The van der Waals surface area contributed by atoms with Crippen LogP contribution in [0.25, 0.3) is 0 Å². The molecule has 0 saturated heterocycles. The third-order valence-electron chi connectivity index (χ3n) is 2.83. The molecule has 0 aliphatic rings. The van der Waals surface area contributed by atoms with Crippen LogP contribution in [-0.2, 0) is 6.54 Å².